The smallest absolute Gasteiger partial charge is 0.221 e. The zero-order valence-electron chi connectivity index (χ0n) is 10.2. The average molecular weight is 241 g/mol. The highest BCUT2D eigenvalue weighted by Gasteiger charge is 1.98. The van der Waals surface area contributed by atoms with E-state index < -0.39 is 0 Å². The number of hydrogen-bond acceptors (Lipinski definition) is 3. The van der Waals surface area contributed by atoms with E-state index in [4.69, 9.17) is 0 Å². The standard InChI is InChI=1S/C14H15N3O/c1-11(18)17-13-7-4-6-12(9-13)16-10-14-5-2-3-8-15-14/h2-9,16H,10H2,1H3,(H,17,18). The zero-order chi connectivity index (χ0) is 12.8. The minimum absolute atomic E-state index is 0.0723. The highest BCUT2D eigenvalue weighted by atomic mass is 16.1. The number of aromatic nitrogens is 1. The summed E-state index contributed by atoms with van der Waals surface area (Å²) in [6, 6.07) is 13.4. The summed E-state index contributed by atoms with van der Waals surface area (Å²) in [5.74, 6) is -0.0723. The molecule has 2 N–H and O–H groups in total. The van der Waals surface area contributed by atoms with Crippen LogP contribution in [0.1, 0.15) is 12.6 Å². The van der Waals surface area contributed by atoms with Crippen LogP contribution in [0.4, 0.5) is 11.4 Å². The number of nitrogens with zero attached hydrogens (tertiary/aromatic N) is 1. The van der Waals surface area contributed by atoms with Gasteiger partial charge in [-0.15, -0.1) is 0 Å². The van der Waals surface area contributed by atoms with Gasteiger partial charge in [-0.2, -0.15) is 0 Å². The van der Waals surface area contributed by atoms with Crippen molar-refractivity contribution in [2.75, 3.05) is 10.6 Å². The van der Waals surface area contributed by atoms with Crippen molar-refractivity contribution in [3.05, 3.63) is 54.4 Å². The van der Waals surface area contributed by atoms with Gasteiger partial charge < -0.3 is 10.6 Å². The molecule has 2 rings (SSSR count). The first-order chi connectivity index (χ1) is 8.74. The van der Waals surface area contributed by atoms with Crippen molar-refractivity contribution in [3.8, 4) is 0 Å². The molecule has 1 aromatic heterocycles. The number of carbonyl (C=O) groups is 1. The summed E-state index contributed by atoms with van der Waals surface area (Å²) in [5, 5.41) is 6.01. The molecule has 0 atom stereocenters. The van der Waals surface area contributed by atoms with Gasteiger partial charge in [0.15, 0.2) is 0 Å². The first-order valence-corrected chi connectivity index (χ1v) is 5.75. The molecule has 1 amide bonds. The molecule has 2 aromatic rings. The van der Waals surface area contributed by atoms with Crippen molar-refractivity contribution in [1.82, 2.24) is 4.98 Å². The van der Waals surface area contributed by atoms with Crippen LogP contribution in [0.2, 0.25) is 0 Å². The van der Waals surface area contributed by atoms with Crippen molar-refractivity contribution < 1.29 is 4.79 Å². The average Bonchev–Trinajstić information content (AvgIpc) is 2.37. The number of nitrogens with one attached hydrogen (secondary N) is 2. The van der Waals surface area contributed by atoms with Gasteiger partial charge in [-0.1, -0.05) is 12.1 Å². The van der Waals surface area contributed by atoms with E-state index in [-0.39, 0.29) is 5.91 Å². The number of benzene rings is 1. The van der Waals surface area contributed by atoms with Crippen molar-refractivity contribution in [1.29, 1.82) is 0 Å². The van der Waals surface area contributed by atoms with E-state index in [1.165, 1.54) is 6.92 Å². The van der Waals surface area contributed by atoms with Crippen LogP contribution in [0.15, 0.2) is 48.7 Å². The number of amides is 1. The summed E-state index contributed by atoms with van der Waals surface area (Å²) >= 11 is 0. The monoisotopic (exact) mass is 241 g/mol. The van der Waals surface area contributed by atoms with Crippen LogP contribution in [-0.2, 0) is 11.3 Å². The topological polar surface area (TPSA) is 54.0 Å². The minimum Gasteiger partial charge on any atom is -0.379 e. The van der Waals surface area contributed by atoms with Crippen LogP contribution in [0.5, 0.6) is 0 Å². The first-order valence-electron chi connectivity index (χ1n) is 5.75. The van der Waals surface area contributed by atoms with Gasteiger partial charge in [0.1, 0.15) is 0 Å². The summed E-state index contributed by atoms with van der Waals surface area (Å²) in [6.07, 6.45) is 1.77. The fraction of sp³-hybridized carbons (Fsp3) is 0.143. The van der Waals surface area contributed by atoms with E-state index in [1.54, 1.807) is 6.20 Å². The van der Waals surface area contributed by atoms with E-state index in [0.717, 1.165) is 17.1 Å². The van der Waals surface area contributed by atoms with Crippen molar-refractivity contribution in [2.24, 2.45) is 0 Å². The molecular weight excluding hydrogens is 226 g/mol. The van der Waals surface area contributed by atoms with E-state index in [9.17, 15) is 4.79 Å². The molecule has 4 heteroatoms. The molecule has 0 saturated heterocycles. The van der Waals surface area contributed by atoms with E-state index in [0.29, 0.717) is 6.54 Å². The predicted molar refractivity (Wildman–Crippen MR) is 72.3 cm³/mol. The maximum Gasteiger partial charge on any atom is 0.221 e. The third-order valence-corrected chi connectivity index (χ3v) is 2.38. The number of pyridine rings is 1. The molecule has 0 fully saturated rings. The lowest BCUT2D eigenvalue weighted by Crippen LogP contribution is -2.06. The van der Waals surface area contributed by atoms with Gasteiger partial charge in [-0.25, -0.2) is 0 Å². The van der Waals surface area contributed by atoms with Gasteiger partial charge in [-0.05, 0) is 30.3 Å². The van der Waals surface area contributed by atoms with E-state index >= 15 is 0 Å². The Morgan fingerprint density at radius 1 is 1.17 bits per heavy atom. The fourth-order valence-corrected chi connectivity index (χ4v) is 1.61. The Hall–Kier alpha value is -2.36. The van der Waals surface area contributed by atoms with Crippen molar-refractivity contribution in [2.45, 2.75) is 13.5 Å². The fourth-order valence-electron chi connectivity index (χ4n) is 1.61. The summed E-state index contributed by atoms with van der Waals surface area (Å²) in [4.78, 5) is 15.2. The van der Waals surface area contributed by atoms with Gasteiger partial charge in [0, 0.05) is 24.5 Å². The molecule has 1 aromatic carbocycles. The van der Waals surface area contributed by atoms with Crippen molar-refractivity contribution >= 4 is 17.3 Å². The Kier molecular flexibility index (Phi) is 3.91. The molecule has 0 spiro atoms. The molecule has 18 heavy (non-hydrogen) atoms. The molecule has 0 aliphatic heterocycles. The molecule has 0 saturated carbocycles. The van der Waals surface area contributed by atoms with Gasteiger partial charge in [0.05, 0.1) is 12.2 Å². The molecular formula is C14H15N3O. The lowest BCUT2D eigenvalue weighted by atomic mass is 10.2. The largest absolute Gasteiger partial charge is 0.379 e. The summed E-state index contributed by atoms with van der Waals surface area (Å²) in [6.45, 7) is 2.15. The summed E-state index contributed by atoms with van der Waals surface area (Å²) in [5.41, 5.74) is 2.71. The summed E-state index contributed by atoms with van der Waals surface area (Å²) < 4.78 is 0. The first kappa shape index (κ1) is 12.1. The third-order valence-electron chi connectivity index (χ3n) is 2.38. The Morgan fingerprint density at radius 2 is 2.00 bits per heavy atom. The molecule has 0 bridgehead atoms. The van der Waals surface area contributed by atoms with Crippen LogP contribution in [0, 0.1) is 0 Å². The third kappa shape index (κ3) is 3.59. The quantitative estimate of drug-likeness (QED) is 0.865. The van der Waals surface area contributed by atoms with E-state index in [1.807, 2.05) is 42.5 Å². The maximum absolute atomic E-state index is 11.0. The minimum atomic E-state index is -0.0723. The second-order valence-electron chi connectivity index (χ2n) is 3.94. The zero-order valence-corrected chi connectivity index (χ0v) is 10.2. The number of hydrogen-bond donors (Lipinski definition) is 2. The molecule has 0 unspecified atom stereocenters. The van der Waals surface area contributed by atoms with Crippen LogP contribution < -0.4 is 10.6 Å². The molecule has 92 valence electrons. The van der Waals surface area contributed by atoms with Gasteiger partial charge in [-0.3, -0.25) is 9.78 Å². The van der Waals surface area contributed by atoms with Gasteiger partial charge in [0.2, 0.25) is 5.91 Å². The van der Waals surface area contributed by atoms with Crippen LogP contribution in [0.25, 0.3) is 0 Å². The molecule has 0 aliphatic carbocycles. The lowest BCUT2D eigenvalue weighted by molar-refractivity contribution is -0.114. The predicted octanol–water partition coefficient (Wildman–Crippen LogP) is 2.65. The highest BCUT2D eigenvalue weighted by Crippen LogP contribution is 2.15. The SMILES string of the molecule is CC(=O)Nc1cccc(NCc2ccccn2)c1. The van der Waals surface area contributed by atoms with Crippen molar-refractivity contribution in [3.63, 3.8) is 0 Å². The van der Waals surface area contributed by atoms with Gasteiger partial charge >= 0.3 is 0 Å². The number of carbonyl (C=O) groups excluding carboxylic acids is 1. The molecule has 0 radical (unpaired) electrons. The molecule has 0 aliphatic rings. The second-order valence-corrected chi connectivity index (χ2v) is 3.94. The Morgan fingerprint density at radius 3 is 2.72 bits per heavy atom. The Balaban J connectivity index is 1.99. The maximum atomic E-state index is 11.0. The molecule has 1 heterocycles. The summed E-state index contributed by atoms with van der Waals surface area (Å²) in [7, 11) is 0. The second kappa shape index (κ2) is 5.82. The van der Waals surface area contributed by atoms with Crippen LogP contribution in [0.3, 0.4) is 0 Å². The lowest BCUT2D eigenvalue weighted by Gasteiger charge is -2.08. The van der Waals surface area contributed by atoms with Crippen LogP contribution >= 0.6 is 0 Å². The van der Waals surface area contributed by atoms with Crippen LogP contribution in [-0.4, -0.2) is 10.9 Å². The Labute approximate surface area is 106 Å². The number of rotatable bonds is 4. The van der Waals surface area contributed by atoms with Gasteiger partial charge in [0.25, 0.3) is 0 Å². The highest BCUT2D eigenvalue weighted by molar-refractivity contribution is 5.89. The molecule has 4 nitrogen and oxygen atoms in total. The Bertz CT molecular complexity index is 526. The number of anilines is 2. The normalized spacial score (nSPS) is 9.83. The van der Waals surface area contributed by atoms with E-state index in [2.05, 4.69) is 15.6 Å².